The third-order valence-electron chi connectivity index (χ3n) is 4.24. The zero-order valence-corrected chi connectivity index (χ0v) is 15.1. The van der Waals surface area contributed by atoms with Crippen molar-refractivity contribution in [2.24, 2.45) is 0 Å². The van der Waals surface area contributed by atoms with E-state index in [9.17, 15) is 14.4 Å². The number of benzene rings is 2. The van der Waals surface area contributed by atoms with E-state index in [1.807, 2.05) is 19.1 Å². The second kappa shape index (κ2) is 7.86. The number of carbonyl (C=O) groups excluding carboxylic acids is 2. The van der Waals surface area contributed by atoms with E-state index in [2.05, 4.69) is 10.3 Å². The zero-order chi connectivity index (χ0) is 19.4. The average Bonchev–Trinajstić information content (AvgIpc) is 2.68. The van der Waals surface area contributed by atoms with Gasteiger partial charge in [-0.3, -0.25) is 9.59 Å². The molecular weight excluding hydrogens is 344 g/mol. The standard InChI is InChI=1S/C21H20N2O4/c1-3-14-8-10-15(11-9-14)22-20(25)13(2)27-21(26)18-12-19(24)16-6-4-5-7-17(16)23-18/h4-13H,3H2,1-2H3,(H,22,25)(H,23,24)/t13-/m1/s1. The molecule has 6 nitrogen and oxygen atoms in total. The Hall–Kier alpha value is -3.41. The van der Waals surface area contributed by atoms with Crippen LogP contribution in [0.4, 0.5) is 5.69 Å². The summed E-state index contributed by atoms with van der Waals surface area (Å²) in [6.07, 6.45) is -0.107. The molecule has 6 heteroatoms. The topological polar surface area (TPSA) is 88.3 Å². The largest absolute Gasteiger partial charge is 0.448 e. The van der Waals surface area contributed by atoms with Gasteiger partial charge < -0.3 is 15.0 Å². The van der Waals surface area contributed by atoms with E-state index in [1.54, 1.807) is 36.4 Å². The van der Waals surface area contributed by atoms with Gasteiger partial charge in [-0.1, -0.05) is 31.2 Å². The second-order valence-electron chi connectivity index (χ2n) is 6.18. The van der Waals surface area contributed by atoms with Crippen molar-refractivity contribution in [1.29, 1.82) is 0 Å². The predicted molar refractivity (Wildman–Crippen MR) is 104 cm³/mol. The second-order valence-corrected chi connectivity index (χ2v) is 6.18. The lowest BCUT2D eigenvalue weighted by Gasteiger charge is -2.14. The molecule has 1 heterocycles. The molecule has 0 aliphatic heterocycles. The number of rotatable bonds is 5. The summed E-state index contributed by atoms with van der Waals surface area (Å²) in [6.45, 7) is 3.53. The maximum atomic E-state index is 12.3. The molecule has 0 aliphatic carbocycles. The number of pyridine rings is 1. The highest BCUT2D eigenvalue weighted by molar-refractivity contribution is 5.97. The highest BCUT2D eigenvalue weighted by atomic mass is 16.5. The van der Waals surface area contributed by atoms with Crippen LogP contribution in [0.5, 0.6) is 0 Å². The van der Waals surface area contributed by atoms with E-state index >= 15 is 0 Å². The number of esters is 1. The van der Waals surface area contributed by atoms with Gasteiger partial charge in [0.15, 0.2) is 11.5 Å². The van der Waals surface area contributed by atoms with E-state index in [0.717, 1.165) is 12.0 Å². The van der Waals surface area contributed by atoms with Crippen molar-refractivity contribution in [2.75, 3.05) is 5.32 Å². The summed E-state index contributed by atoms with van der Waals surface area (Å²) in [4.78, 5) is 39.5. The van der Waals surface area contributed by atoms with Crippen molar-refractivity contribution in [3.8, 4) is 0 Å². The van der Waals surface area contributed by atoms with Crippen LogP contribution >= 0.6 is 0 Å². The fraction of sp³-hybridized carbons (Fsp3) is 0.190. The molecule has 0 fully saturated rings. The van der Waals surface area contributed by atoms with Crippen LogP contribution in [-0.2, 0) is 16.0 Å². The van der Waals surface area contributed by atoms with Gasteiger partial charge in [0.2, 0.25) is 0 Å². The van der Waals surface area contributed by atoms with Crippen LogP contribution in [0.15, 0.2) is 59.4 Å². The Morgan fingerprint density at radius 3 is 2.52 bits per heavy atom. The Morgan fingerprint density at radius 2 is 1.81 bits per heavy atom. The monoisotopic (exact) mass is 364 g/mol. The number of ether oxygens (including phenoxy) is 1. The SMILES string of the molecule is CCc1ccc(NC(=O)[C@@H](C)OC(=O)c2cc(=O)c3ccccc3[nH]2)cc1. The van der Waals surface area contributed by atoms with Crippen molar-refractivity contribution < 1.29 is 14.3 Å². The molecule has 0 radical (unpaired) electrons. The van der Waals surface area contributed by atoms with Crippen molar-refractivity contribution >= 4 is 28.5 Å². The quantitative estimate of drug-likeness (QED) is 0.680. The summed E-state index contributed by atoms with van der Waals surface area (Å²) in [5.41, 5.74) is 2.03. The van der Waals surface area contributed by atoms with Crippen molar-refractivity contribution in [2.45, 2.75) is 26.4 Å². The molecule has 0 bridgehead atoms. The van der Waals surface area contributed by atoms with E-state index in [1.165, 1.54) is 13.0 Å². The molecule has 1 atom stereocenters. The van der Waals surface area contributed by atoms with Crippen LogP contribution < -0.4 is 10.7 Å². The number of fused-ring (bicyclic) bond motifs is 1. The lowest BCUT2D eigenvalue weighted by atomic mass is 10.1. The first-order valence-corrected chi connectivity index (χ1v) is 8.70. The Bertz CT molecular complexity index is 1040. The number of amides is 1. The molecular formula is C21H20N2O4. The van der Waals surface area contributed by atoms with E-state index < -0.39 is 18.0 Å². The molecule has 0 unspecified atom stereocenters. The fourth-order valence-corrected chi connectivity index (χ4v) is 2.65. The summed E-state index contributed by atoms with van der Waals surface area (Å²) < 4.78 is 5.20. The Morgan fingerprint density at radius 1 is 1.11 bits per heavy atom. The number of aromatic nitrogens is 1. The van der Waals surface area contributed by atoms with E-state index in [-0.39, 0.29) is 11.1 Å². The molecule has 2 aromatic carbocycles. The molecule has 2 N–H and O–H groups in total. The molecule has 138 valence electrons. The van der Waals surface area contributed by atoms with Crippen LogP contribution in [0.2, 0.25) is 0 Å². The summed E-state index contributed by atoms with van der Waals surface area (Å²) >= 11 is 0. The Balaban J connectivity index is 1.69. The summed E-state index contributed by atoms with van der Waals surface area (Å²) in [5, 5.41) is 3.18. The number of para-hydroxylation sites is 1. The van der Waals surface area contributed by atoms with Gasteiger partial charge in [0.1, 0.15) is 5.69 Å². The highest BCUT2D eigenvalue weighted by Crippen LogP contribution is 2.12. The maximum absolute atomic E-state index is 12.3. The van der Waals surface area contributed by atoms with Crippen LogP contribution in [0.1, 0.15) is 29.9 Å². The first-order chi connectivity index (χ1) is 13.0. The van der Waals surface area contributed by atoms with Crippen molar-refractivity contribution in [3.05, 3.63) is 76.1 Å². The van der Waals surface area contributed by atoms with Crippen LogP contribution in [0.25, 0.3) is 10.9 Å². The number of hydrogen-bond donors (Lipinski definition) is 2. The first kappa shape index (κ1) is 18.4. The smallest absolute Gasteiger partial charge is 0.355 e. The lowest BCUT2D eigenvalue weighted by molar-refractivity contribution is -0.123. The minimum absolute atomic E-state index is 0.00523. The molecule has 3 aromatic rings. The number of aromatic amines is 1. The molecule has 1 aromatic heterocycles. The first-order valence-electron chi connectivity index (χ1n) is 8.70. The predicted octanol–water partition coefficient (Wildman–Crippen LogP) is 3.27. The molecule has 27 heavy (non-hydrogen) atoms. The van der Waals surface area contributed by atoms with Gasteiger partial charge in [-0.05, 0) is 43.2 Å². The maximum Gasteiger partial charge on any atom is 0.355 e. The Labute approximate surface area is 156 Å². The van der Waals surface area contributed by atoms with Crippen LogP contribution in [-0.4, -0.2) is 23.0 Å². The third-order valence-corrected chi connectivity index (χ3v) is 4.24. The molecule has 0 aliphatic rings. The number of aryl methyl sites for hydroxylation is 1. The minimum atomic E-state index is -1.02. The number of hydrogen-bond acceptors (Lipinski definition) is 4. The van der Waals surface area contributed by atoms with Gasteiger partial charge in [-0.25, -0.2) is 4.79 Å². The van der Waals surface area contributed by atoms with Gasteiger partial charge in [0.25, 0.3) is 5.91 Å². The number of carbonyl (C=O) groups is 2. The molecule has 1 amide bonds. The van der Waals surface area contributed by atoms with Crippen molar-refractivity contribution in [1.82, 2.24) is 4.98 Å². The lowest BCUT2D eigenvalue weighted by Crippen LogP contribution is -2.30. The van der Waals surface area contributed by atoms with Crippen molar-refractivity contribution in [3.63, 3.8) is 0 Å². The zero-order valence-electron chi connectivity index (χ0n) is 15.1. The summed E-state index contributed by atoms with van der Waals surface area (Å²) in [6, 6.07) is 15.5. The van der Waals surface area contributed by atoms with Gasteiger partial charge >= 0.3 is 5.97 Å². The normalized spacial score (nSPS) is 11.8. The number of anilines is 1. The number of nitrogens with one attached hydrogen (secondary N) is 2. The Kier molecular flexibility index (Phi) is 5.35. The minimum Gasteiger partial charge on any atom is -0.448 e. The van der Waals surface area contributed by atoms with Gasteiger partial charge in [0, 0.05) is 22.7 Å². The molecule has 0 spiro atoms. The van der Waals surface area contributed by atoms with Crippen LogP contribution in [0, 0.1) is 0 Å². The summed E-state index contributed by atoms with van der Waals surface area (Å²) in [7, 11) is 0. The van der Waals surface area contributed by atoms with E-state index in [0.29, 0.717) is 16.6 Å². The highest BCUT2D eigenvalue weighted by Gasteiger charge is 2.20. The van der Waals surface area contributed by atoms with Gasteiger partial charge in [0.05, 0.1) is 0 Å². The fourth-order valence-electron chi connectivity index (χ4n) is 2.65. The van der Waals surface area contributed by atoms with Crippen LogP contribution in [0.3, 0.4) is 0 Å². The third kappa shape index (κ3) is 4.23. The van der Waals surface area contributed by atoms with Gasteiger partial charge in [-0.2, -0.15) is 0 Å². The molecule has 3 rings (SSSR count). The number of H-pyrrole nitrogens is 1. The molecule has 0 saturated heterocycles. The average molecular weight is 364 g/mol. The summed E-state index contributed by atoms with van der Waals surface area (Å²) in [5.74, 6) is -1.21. The van der Waals surface area contributed by atoms with Gasteiger partial charge in [-0.15, -0.1) is 0 Å². The van der Waals surface area contributed by atoms with E-state index in [4.69, 9.17) is 4.74 Å². The molecule has 0 saturated carbocycles.